The largest absolute Gasteiger partial charge is 0.466 e. The van der Waals surface area contributed by atoms with Crippen molar-refractivity contribution in [2.24, 2.45) is 4.99 Å². The standard InChI is InChI=1S/C18H24ClN3O2/c1-4-20-17(21-12-18(3,23)16-6-5-11-24-16)22-13(2)14-7-9-15(19)10-8-14/h5-11,13,23H,4,12H2,1-3H3,(H2,20,21,22). The maximum absolute atomic E-state index is 10.5. The third-order valence-electron chi connectivity index (χ3n) is 3.66. The monoisotopic (exact) mass is 349 g/mol. The molecule has 24 heavy (non-hydrogen) atoms. The number of aliphatic hydroxyl groups is 1. The third kappa shape index (κ3) is 5.01. The molecule has 2 atom stereocenters. The van der Waals surface area contributed by atoms with Gasteiger partial charge in [-0.05, 0) is 50.6 Å². The molecule has 6 heteroatoms. The Morgan fingerprint density at radius 3 is 2.62 bits per heavy atom. The Labute approximate surface area is 147 Å². The lowest BCUT2D eigenvalue weighted by Crippen LogP contribution is -2.40. The Kier molecular flexibility index (Phi) is 6.29. The number of furan rings is 1. The van der Waals surface area contributed by atoms with Gasteiger partial charge in [0.1, 0.15) is 11.4 Å². The normalized spacial score (nSPS) is 15.6. The van der Waals surface area contributed by atoms with E-state index in [1.165, 1.54) is 0 Å². The molecule has 1 heterocycles. The van der Waals surface area contributed by atoms with Crippen molar-refractivity contribution in [3.05, 3.63) is 59.0 Å². The Hall–Kier alpha value is -1.98. The van der Waals surface area contributed by atoms with Crippen LogP contribution in [-0.2, 0) is 5.60 Å². The first-order chi connectivity index (χ1) is 11.4. The second-order valence-electron chi connectivity index (χ2n) is 5.86. The minimum absolute atomic E-state index is 0.0497. The minimum atomic E-state index is -1.16. The number of benzene rings is 1. The number of hydrogen-bond donors (Lipinski definition) is 3. The van der Waals surface area contributed by atoms with Crippen molar-refractivity contribution in [2.75, 3.05) is 13.1 Å². The SMILES string of the molecule is CCNC(=NCC(C)(O)c1ccco1)NC(C)c1ccc(Cl)cc1. The van der Waals surface area contributed by atoms with Crippen LogP contribution < -0.4 is 10.6 Å². The average molecular weight is 350 g/mol. The van der Waals surface area contributed by atoms with E-state index in [-0.39, 0.29) is 12.6 Å². The fraction of sp³-hybridized carbons (Fsp3) is 0.389. The molecule has 0 aliphatic rings. The summed E-state index contributed by atoms with van der Waals surface area (Å²) in [6.45, 7) is 6.63. The van der Waals surface area contributed by atoms with Gasteiger partial charge in [0.05, 0.1) is 18.8 Å². The second-order valence-corrected chi connectivity index (χ2v) is 6.30. The van der Waals surface area contributed by atoms with E-state index in [1.54, 1.807) is 25.3 Å². The quantitative estimate of drug-likeness (QED) is 0.552. The first-order valence-corrected chi connectivity index (χ1v) is 8.37. The molecule has 2 unspecified atom stereocenters. The lowest BCUT2D eigenvalue weighted by molar-refractivity contribution is 0.0437. The van der Waals surface area contributed by atoms with Gasteiger partial charge in [-0.1, -0.05) is 23.7 Å². The van der Waals surface area contributed by atoms with Crippen LogP contribution in [0.15, 0.2) is 52.1 Å². The summed E-state index contributed by atoms with van der Waals surface area (Å²) in [7, 11) is 0. The van der Waals surface area contributed by atoms with Crippen molar-refractivity contribution in [1.82, 2.24) is 10.6 Å². The second kappa shape index (κ2) is 8.22. The van der Waals surface area contributed by atoms with E-state index in [4.69, 9.17) is 16.0 Å². The molecule has 0 saturated carbocycles. The number of rotatable bonds is 6. The smallest absolute Gasteiger partial charge is 0.191 e. The molecule has 3 N–H and O–H groups in total. The van der Waals surface area contributed by atoms with Gasteiger partial charge in [-0.15, -0.1) is 0 Å². The molecule has 2 rings (SSSR count). The molecule has 0 aliphatic carbocycles. The van der Waals surface area contributed by atoms with Crippen molar-refractivity contribution in [1.29, 1.82) is 0 Å². The van der Waals surface area contributed by atoms with Crippen LogP contribution >= 0.6 is 11.6 Å². The van der Waals surface area contributed by atoms with E-state index in [2.05, 4.69) is 15.6 Å². The van der Waals surface area contributed by atoms with Crippen molar-refractivity contribution < 1.29 is 9.52 Å². The van der Waals surface area contributed by atoms with Crippen molar-refractivity contribution >= 4 is 17.6 Å². The first-order valence-electron chi connectivity index (χ1n) is 7.99. The predicted molar refractivity (Wildman–Crippen MR) is 97.3 cm³/mol. The van der Waals surface area contributed by atoms with Crippen molar-refractivity contribution in [2.45, 2.75) is 32.4 Å². The summed E-state index contributed by atoms with van der Waals surface area (Å²) in [6, 6.07) is 11.2. The molecule has 0 fully saturated rings. The van der Waals surface area contributed by atoms with Gasteiger partial charge in [0.2, 0.25) is 0 Å². The summed E-state index contributed by atoms with van der Waals surface area (Å²) in [5.41, 5.74) is -0.0576. The zero-order chi connectivity index (χ0) is 17.6. The fourth-order valence-electron chi connectivity index (χ4n) is 2.26. The lowest BCUT2D eigenvalue weighted by Gasteiger charge is -2.21. The van der Waals surface area contributed by atoms with Crippen LogP contribution in [0.5, 0.6) is 0 Å². The van der Waals surface area contributed by atoms with E-state index < -0.39 is 5.60 Å². The molecular weight excluding hydrogens is 326 g/mol. The Balaban J connectivity index is 2.06. The molecule has 0 spiro atoms. The number of aliphatic imine (C=N–C) groups is 1. The Morgan fingerprint density at radius 2 is 2.04 bits per heavy atom. The number of hydrogen-bond acceptors (Lipinski definition) is 3. The highest BCUT2D eigenvalue weighted by molar-refractivity contribution is 6.30. The summed E-state index contributed by atoms with van der Waals surface area (Å²) < 4.78 is 5.28. The molecule has 1 aromatic heterocycles. The molecule has 2 aromatic rings. The van der Waals surface area contributed by atoms with E-state index >= 15 is 0 Å². The molecule has 0 aliphatic heterocycles. The number of nitrogens with zero attached hydrogens (tertiary/aromatic N) is 1. The lowest BCUT2D eigenvalue weighted by atomic mass is 10.0. The first kappa shape index (κ1) is 18.4. The highest BCUT2D eigenvalue weighted by atomic mass is 35.5. The van der Waals surface area contributed by atoms with Gasteiger partial charge in [-0.2, -0.15) is 0 Å². The zero-order valence-corrected chi connectivity index (χ0v) is 15.0. The fourth-order valence-corrected chi connectivity index (χ4v) is 2.38. The van der Waals surface area contributed by atoms with Crippen LogP contribution in [0, 0.1) is 0 Å². The van der Waals surface area contributed by atoms with Gasteiger partial charge in [0.25, 0.3) is 0 Å². The zero-order valence-electron chi connectivity index (χ0n) is 14.2. The maximum Gasteiger partial charge on any atom is 0.191 e. The maximum atomic E-state index is 10.5. The summed E-state index contributed by atoms with van der Waals surface area (Å²) in [6.07, 6.45) is 1.54. The summed E-state index contributed by atoms with van der Waals surface area (Å²) in [4.78, 5) is 4.48. The molecule has 130 valence electrons. The van der Waals surface area contributed by atoms with Crippen LogP contribution in [0.25, 0.3) is 0 Å². The number of nitrogens with one attached hydrogen (secondary N) is 2. The van der Waals surface area contributed by atoms with E-state index in [1.807, 2.05) is 38.1 Å². The van der Waals surface area contributed by atoms with Gasteiger partial charge in [-0.3, -0.25) is 0 Å². The number of halogens is 1. The van der Waals surface area contributed by atoms with E-state index in [0.29, 0.717) is 16.7 Å². The van der Waals surface area contributed by atoms with Crippen LogP contribution in [0.1, 0.15) is 38.1 Å². The van der Waals surface area contributed by atoms with Gasteiger partial charge < -0.3 is 20.2 Å². The highest BCUT2D eigenvalue weighted by Crippen LogP contribution is 2.21. The Morgan fingerprint density at radius 1 is 1.33 bits per heavy atom. The molecule has 0 amide bonds. The molecule has 0 bridgehead atoms. The molecule has 5 nitrogen and oxygen atoms in total. The molecule has 0 saturated heterocycles. The van der Waals surface area contributed by atoms with E-state index in [9.17, 15) is 5.11 Å². The molecular formula is C18H24ClN3O2. The molecule has 0 radical (unpaired) electrons. The van der Waals surface area contributed by atoms with Crippen LogP contribution in [0.3, 0.4) is 0 Å². The van der Waals surface area contributed by atoms with Gasteiger partial charge >= 0.3 is 0 Å². The van der Waals surface area contributed by atoms with Gasteiger partial charge in [0.15, 0.2) is 5.96 Å². The third-order valence-corrected chi connectivity index (χ3v) is 3.92. The summed E-state index contributed by atoms with van der Waals surface area (Å²) in [5, 5.41) is 17.7. The van der Waals surface area contributed by atoms with Crippen molar-refractivity contribution in [3.63, 3.8) is 0 Å². The highest BCUT2D eigenvalue weighted by Gasteiger charge is 2.26. The van der Waals surface area contributed by atoms with Crippen LogP contribution in [0.4, 0.5) is 0 Å². The topological polar surface area (TPSA) is 69.8 Å². The van der Waals surface area contributed by atoms with Crippen LogP contribution in [0.2, 0.25) is 5.02 Å². The van der Waals surface area contributed by atoms with Crippen LogP contribution in [-0.4, -0.2) is 24.2 Å². The predicted octanol–water partition coefficient (Wildman–Crippen LogP) is 3.46. The van der Waals surface area contributed by atoms with Gasteiger partial charge in [-0.25, -0.2) is 4.99 Å². The molecule has 1 aromatic carbocycles. The van der Waals surface area contributed by atoms with Gasteiger partial charge in [0, 0.05) is 11.6 Å². The summed E-state index contributed by atoms with van der Waals surface area (Å²) >= 11 is 5.93. The van der Waals surface area contributed by atoms with E-state index in [0.717, 1.165) is 12.1 Å². The Bertz CT molecular complexity index is 651. The van der Waals surface area contributed by atoms with Crippen molar-refractivity contribution in [3.8, 4) is 0 Å². The minimum Gasteiger partial charge on any atom is -0.466 e. The summed E-state index contributed by atoms with van der Waals surface area (Å²) in [5.74, 6) is 1.12. The number of guanidine groups is 1. The average Bonchev–Trinajstić information content (AvgIpc) is 3.09.